The minimum atomic E-state index is -0.687. The number of thioether (sulfide) groups is 1. The molecule has 4 aromatic rings. The van der Waals surface area contributed by atoms with Gasteiger partial charge in [0.25, 0.3) is 0 Å². The number of amides is 1. The second kappa shape index (κ2) is 9.34. The lowest BCUT2D eigenvalue weighted by Crippen LogP contribution is -2.15. The maximum absolute atomic E-state index is 13.8. The van der Waals surface area contributed by atoms with Gasteiger partial charge < -0.3 is 15.4 Å². The number of hydrogen-bond acceptors (Lipinski definition) is 8. The van der Waals surface area contributed by atoms with Gasteiger partial charge in [0.05, 0.1) is 11.4 Å². The number of carbonyl (C=O) groups excluding carboxylic acids is 1. The largest absolute Gasteiger partial charge is 0.490 e. The third-order valence-corrected chi connectivity index (χ3v) is 5.12. The van der Waals surface area contributed by atoms with Crippen LogP contribution in [0.5, 0.6) is 0 Å². The number of para-hydroxylation sites is 2. The van der Waals surface area contributed by atoms with Crippen molar-refractivity contribution in [2.75, 3.05) is 11.1 Å². The summed E-state index contributed by atoms with van der Waals surface area (Å²) in [6, 6.07) is 15.1. The smallest absolute Gasteiger partial charge is 0.390 e. The van der Waals surface area contributed by atoms with Crippen LogP contribution in [0.25, 0.3) is 5.69 Å². The van der Waals surface area contributed by atoms with Gasteiger partial charge in [0.1, 0.15) is 12.4 Å². The second-order valence-electron chi connectivity index (χ2n) is 6.39. The zero-order valence-electron chi connectivity index (χ0n) is 16.3. The minimum Gasteiger partial charge on any atom is -0.390 e. The number of rotatable bonds is 8. The molecule has 2 aromatic heterocycles. The first kappa shape index (κ1) is 21.1. The Morgan fingerprint density at radius 2 is 1.88 bits per heavy atom. The first-order chi connectivity index (χ1) is 15.5. The molecular weight excluding hydrogens is 439 g/mol. The van der Waals surface area contributed by atoms with E-state index >= 15 is 0 Å². The van der Waals surface area contributed by atoms with Crippen molar-refractivity contribution in [2.45, 2.75) is 11.7 Å². The Morgan fingerprint density at radius 3 is 2.59 bits per heavy atom. The summed E-state index contributed by atoms with van der Waals surface area (Å²) < 4.78 is 16.8. The molecule has 1 N–H and O–H groups in total. The molecule has 0 fully saturated rings. The van der Waals surface area contributed by atoms with Gasteiger partial charge in [-0.15, -0.1) is 10.2 Å². The van der Waals surface area contributed by atoms with Crippen LogP contribution in [0.4, 0.5) is 16.0 Å². The van der Waals surface area contributed by atoms with E-state index in [4.69, 9.17) is 0 Å². The van der Waals surface area contributed by atoms with Crippen molar-refractivity contribution in [1.29, 1.82) is 0 Å². The van der Waals surface area contributed by atoms with Crippen molar-refractivity contribution in [3.05, 3.63) is 82.7 Å². The van der Waals surface area contributed by atoms with Crippen LogP contribution in [0.15, 0.2) is 66.1 Å². The van der Waals surface area contributed by atoms with Crippen LogP contribution in [-0.2, 0) is 11.3 Å². The molecule has 4 rings (SSSR count). The lowest BCUT2D eigenvalue weighted by Gasteiger charge is -2.10. The molecule has 32 heavy (non-hydrogen) atoms. The number of carbonyl (C=O) groups is 1. The molecule has 0 bridgehead atoms. The highest BCUT2D eigenvalue weighted by Gasteiger charge is 2.20. The molecule has 0 aliphatic rings. The zero-order chi connectivity index (χ0) is 22.5. The Hall–Kier alpha value is -4.13. The van der Waals surface area contributed by atoms with Crippen LogP contribution < -0.4 is 5.32 Å². The fourth-order valence-electron chi connectivity index (χ4n) is 2.80. The van der Waals surface area contributed by atoms with E-state index in [0.29, 0.717) is 11.0 Å². The third-order valence-electron chi connectivity index (χ3n) is 4.19. The van der Waals surface area contributed by atoms with Gasteiger partial charge in [-0.2, -0.15) is 4.68 Å². The predicted octanol–water partition coefficient (Wildman–Crippen LogP) is 2.69. The average molecular weight is 454 g/mol. The summed E-state index contributed by atoms with van der Waals surface area (Å²) in [5, 5.41) is 25.9. The van der Waals surface area contributed by atoms with Crippen molar-refractivity contribution in [1.82, 2.24) is 29.5 Å². The Labute approximate surface area is 184 Å². The molecule has 0 radical (unpaired) electrons. The highest BCUT2D eigenvalue weighted by atomic mass is 32.2. The van der Waals surface area contributed by atoms with E-state index in [-0.39, 0.29) is 18.0 Å². The number of aromatic nitrogens is 6. The van der Waals surface area contributed by atoms with Crippen LogP contribution in [0.2, 0.25) is 0 Å². The van der Waals surface area contributed by atoms with E-state index in [1.807, 2.05) is 30.3 Å². The first-order valence-corrected chi connectivity index (χ1v) is 10.2. The minimum absolute atomic E-state index is 0.0336. The van der Waals surface area contributed by atoms with E-state index in [1.165, 1.54) is 29.2 Å². The number of anilines is 1. The molecule has 0 aliphatic heterocycles. The standard InChI is InChI=1S/C19H15FN8O3S/c20-14-8-4-5-9-15(14)22-17(29)11-32-19-24-23-16(27(19)13-6-2-1-3-7-13)10-26-12-21-18(25-26)28(30)31/h1-9,12H,10-11H2,(H,22,29). The van der Waals surface area contributed by atoms with Gasteiger partial charge in [-0.05, 0) is 29.2 Å². The van der Waals surface area contributed by atoms with Crippen LogP contribution in [-0.4, -0.2) is 46.1 Å². The Kier molecular flexibility index (Phi) is 6.17. The van der Waals surface area contributed by atoms with Crippen molar-refractivity contribution in [3.63, 3.8) is 0 Å². The molecule has 13 heteroatoms. The second-order valence-corrected chi connectivity index (χ2v) is 7.33. The van der Waals surface area contributed by atoms with Gasteiger partial charge in [0, 0.05) is 10.8 Å². The summed E-state index contributed by atoms with van der Waals surface area (Å²) >= 11 is 1.12. The topological polar surface area (TPSA) is 134 Å². The number of hydrogen-bond donors (Lipinski definition) is 1. The van der Waals surface area contributed by atoms with Crippen LogP contribution >= 0.6 is 11.8 Å². The molecule has 1 amide bonds. The van der Waals surface area contributed by atoms with E-state index in [2.05, 4.69) is 25.6 Å². The fourth-order valence-corrected chi connectivity index (χ4v) is 3.57. The number of benzene rings is 2. The number of nitrogens with one attached hydrogen (secondary N) is 1. The third kappa shape index (κ3) is 4.78. The number of nitro groups is 1. The lowest BCUT2D eigenvalue weighted by atomic mass is 10.3. The summed E-state index contributed by atoms with van der Waals surface area (Å²) in [6.07, 6.45) is 1.23. The molecule has 0 aliphatic carbocycles. The normalized spacial score (nSPS) is 10.8. The van der Waals surface area contributed by atoms with E-state index in [0.717, 1.165) is 17.4 Å². The number of halogens is 1. The van der Waals surface area contributed by atoms with Gasteiger partial charge >= 0.3 is 5.95 Å². The van der Waals surface area contributed by atoms with E-state index < -0.39 is 22.6 Å². The van der Waals surface area contributed by atoms with E-state index in [1.54, 1.807) is 10.6 Å². The summed E-state index contributed by atoms with van der Waals surface area (Å²) in [5.74, 6) is -1.05. The highest BCUT2D eigenvalue weighted by Crippen LogP contribution is 2.23. The summed E-state index contributed by atoms with van der Waals surface area (Å²) in [5.41, 5.74) is 0.829. The Balaban J connectivity index is 1.54. The quantitative estimate of drug-likeness (QED) is 0.244. The average Bonchev–Trinajstić information content (AvgIpc) is 3.42. The van der Waals surface area contributed by atoms with Gasteiger partial charge in [0.2, 0.25) is 12.2 Å². The molecule has 0 atom stereocenters. The molecule has 0 saturated carbocycles. The monoisotopic (exact) mass is 454 g/mol. The summed E-state index contributed by atoms with van der Waals surface area (Å²) in [4.78, 5) is 26.1. The van der Waals surface area contributed by atoms with Gasteiger partial charge in [-0.25, -0.2) is 4.39 Å². The molecule has 0 saturated heterocycles. The number of nitrogens with zero attached hydrogens (tertiary/aromatic N) is 7. The summed E-state index contributed by atoms with van der Waals surface area (Å²) in [7, 11) is 0. The van der Waals surface area contributed by atoms with Gasteiger partial charge in [0.15, 0.2) is 11.0 Å². The van der Waals surface area contributed by atoms with E-state index in [9.17, 15) is 19.3 Å². The molecule has 0 spiro atoms. The van der Waals surface area contributed by atoms with Crippen LogP contribution in [0.1, 0.15) is 5.82 Å². The maximum Gasteiger partial charge on any atom is 0.490 e. The van der Waals surface area contributed by atoms with Crippen LogP contribution in [0, 0.1) is 15.9 Å². The maximum atomic E-state index is 13.8. The van der Waals surface area contributed by atoms with Gasteiger partial charge in [-0.1, -0.05) is 47.1 Å². The first-order valence-electron chi connectivity index (χ1n) is 9.22. The van der Waals surface area contributed by atoms with Crippen molar-refractivity contribution in [2.24, 2.45) is 0 Å². The molecule has 0 unspecified atom stereocenters. The fraction of sp³-hybridized carbons (Fsp3) is 0.105. The Morgan fingerprint density at radius 1 is 1.12 bits per heavy atom. The molecule has 162 valence electrons. The van der Waals surface area contributed by atoms with Crippen LogP contribution in [0.3, 0.4) is 0 Å². The SMILES string of the molecule is O=C(CSc1nnc(Cn2cnc([N+](=O)[O-])n2)n1-c1ccccc1)Nc1ccccc1F. The highest BCUT2D eigenvalue weighted by molar-refractivity contribution is 7.99. The van der Waals surface area contributed by atoms with Crippen molar-refractivity contribution in [3.8, 4) is 5.69 Å². The molecule has 2 aromatic carbocycles. The van der Waals surface area contributed by atoms with Crippen molar-refractivity contribution < 1.29 is 14.1 Å². The molecular formula is C19H15FN8O3S. The lowest BCUT2D eigenvalue weighted by molar-refractivity contribution is -0.394. The van der Waals surface area contributed by atoms with Crippen molar-refractivity contribution >= 4 is 29.3 Å². The summed E-state index contributed by atoms with van der Waals surface area (Å²) in [6.45, 7) is 0.0741. The molecule has 11 nitrogen and oxygen atoms in total. The zero-order valence-corrected chi connectivity index (χ0v) is 17.1. The van der Waals surface area contributed by atoms with Gasteiger partial charge in [-0.3, -0.25) is 9.36 Å². The Bertz CT molecular complexity index is 1260. The molecule has 2 heterocycles. The predicted molar refractivity (Wildman–Crippen MR) is 113 cm³/mol.